The summed E-state index contributed by atoms with van der Waals surface area (Å²) in [6, 6.07) is 5.70. The fourth-order valence-electron chi connectivity index (χ4n) is 3.25. The Labute approximate surface area is 140 Å². The zero-order valence-corrected chi connectivity index (χ0v) is 14.1. The molecule has 1 spiro atoms. The molecule has 0 saturated carbocycles. The van der Waals surface area contributed by atoms with Crippen LogP contribution in [0.2, 0.25) is 0 Å². The molecule has 2 aliphatic rings. The van der Waals surface area contributed by atoms with Gasteiger partial charge >= 0.3 is 5.76 Å². The van der Waals surface area contributed by atoms with Crippen LogP contribution in [0.25, 0.3) is 0 Å². The van der Waals surface area contributed by atoms with Crippen molar-refractivity contribution in [2.45, 2.75) is 35.6 Å². The summed E-state index contributed by atoms with van der Waals surface area (Å²) in [5.41, 5.74) is 0.738. The van der Waals surface area contributed by atoms with Crippen molar-refractivity contribution >= 4 is 9.84 Å². The molecule has 0 amide bonds. The molecule has 0 aromatic heterocycles. The summed E-state index contributed by atoms with van der Waals surface area (Å²) >= 11 is 0. The maximum absolute atomic E-state index is 12.6. The van der Waals surface area contributed by atoms with Gasteiger partial charge in [0.25, 0.3) is 0 Å². The zero-order chi connectivity index (χ0) is 17.2. The molecule has 1 aromatic carbocycles. The second-order valence-corrected chi connectivity index (χ2v) is 8.22. The quantitative estimate of drug-likeness (QED) is 0.822. The molecular weight excluding hydrogens is 340 g/mol. The summed E-state index contributed by atoms with van der Waals surface area (Å²) < 4.78 is 59.4. The monoisotopic (exact) mass is 361 g/mol. The van der Waals surface area contributed by atoms with E-state index in [-0.39, 0.29) is 10.5 Å². The lowest BCUT2D eigenvalue weighted by Gasteiger charge is -2.44. The number of hydrogen-bond donors (Lipinski definition) is 0. The van der Waals surface area contributed by atoms with E-state index in [4.69, 9.17) is 9.47 Å². The van der Waals surface area contributed by atoms with Crippen molar-refractivity contribution in [3.8, 4) is 0 Å². The van der Waals surface area contributed by atoms with E-state index in [1.54, 1.807) is 12.1 Å². The molecule has 0 radical (unpaired) electrons. The molecule has 0 bridgehead atoms. The Kier molecular flexibility index (Phi) is 5.19. The zero-order valence-electron chi connectivity index (χ0n) is 13.3. The highest BCUT2D eigenvalue weighted by Gasteiger charge is 2.38. The molecule has 8 heteroatoms. The molecule has 2 aliphatic heterocycles. The van der Waals surface area contributed by atoms with Gasteiger partial charge in [-0.3, -0.25) is 4.90 Å². The number of alkyl halides is 2. The number of ether oxygens (including phenoxy) is 2. The first-order chi connectivity index (χ1) is 11.4. The number of nitrogens with zero attached hydrogens (tertiary/aromatic N) is 1. The van der Waals surface area contributed by atoms with E-state index in [0.29, 0.717) is 26.4 Å². The second-order valence-electron chi connectivity index (χ2n) is 6.30. The molecule has 2 fully saturated rings. The van der Waals surface area contributed by atoms with Crippen molar-refractivity contribution in [1.82, 2.24) is 4.90 Å². The van der Waals surface area contributed by atoms with Gasteiger partial charge < -0.3 is 9.47 Å². The Balaban J connectivity index is 1.66. The van der Waals surface area contributed by atoms with E-state index in [2.05, 4.69) is 4.90 Å². The molecule has 1 aromatic rings. The van der Waals surface area contributed by atoms with Gasteiger partial charge in [-0.05, 0) is 17.7 Å². The van der Waals surface area contributed by atoms with Gasteiger partial charge in [-0.2, -0.15) is 8.78 Å². The maximum Gasteiger partial charge on any atom is 0.341 e. The molecule has 0 N–H and O–H groups in total. The Hall–Kier alpha value is -1.09. The maximum atomic E-state index is 12.6. The minimum Gasteiger partial charge on any atom is -0.381 e. The Morgan fingerprint density at radius 3 is 2.42 bits per heavy atom. The summed E-state index contributed by atoms with van der Waals surface area (Å²) in [6.45, 7) is 4.29. The predicted molar refractivity (Wildman–Crippen MR) is 83.6 cm³/mol. The average molecular weight is 361 g/mol. The van der Waals surface area contributed by atoms with Crippen LogP contribution < -0.4 is 0 Å². The fraction of sp³-hybridized carbons (Fsp3) is 0.625. The standard InChI is InChI=1S/C16H21F2NO4S/c17-15(18)24(20,21)14-3-1-13(2-4-14)11-19-7-10-23-16(12-19)5-8-22-9-6-16/h1-4,15H,5-12H2. The van der Waals surface area contributed by atoms with Crippen molar-refractivity contribution in [1.29, 1.82) is 0 Å². The molecule has 24 heavy (non-hydrogen) atoms. The largest absolute Gasteiger partial charge is 0.381 e. The van der Waals surface area contributed by atoms with Crippen LogP contribution in [0.4, 0.5) is 8.78 Å². The highest BCUT2D eigenvalue weighted by molar-refractivity contribution is 7.91. The number of halogens is 2. The van der Waals surface area contributed by atoms with Crippen LogP contribution >= 0.6 is 0 Å². The lowest BCUT2D eigenvalue weighted by molar-refractivity contribution is -0.155. The first kappa shape index (κ1) is 17.7. The summed E-state index contributed by atoms with van der Waals surface area (Å²) in [6.07, 6.45) is 1.74. The SMILES string of the molecule is O=S(=O)(c1ccc(CN2CCOC3(CCOCC3)C2)cc1)C(F)F. The van der Waals surface area contributed by atoms with Crippen molar-refractivity contribution in [2.24, 2.45) is 0 Å². The number of hydrogen-bond acceptors (Lipinski definition) is 5. The van der Waals surface area contributed by atoms with Crippen molar-refractivity contribution < 1.29 is 26.7 Å². The Morgan fingerprint density at radius 1 is 1.12 bits per heavy atom. The lowest BCUT2D eigenvalue weighted by Crippen LogP contribution is -2.54. The summed E-state index contributed by atoms with van der Waals surface area (Å²) in [4.78, 5) is 1.91. The highest BCUT2D eigenvalue weighted by Crippen LogP contribution is 2.30. The number of morpholine rings is 1. The van der Waals surface area contributed by atoms with Crippen LogP contribution in [0.1, 0.15) is 18.4 Å². The summed E-state index contributed by atoms with van der Waals surface area (Å²) in [7, 11) is -4.53. The Morgan fingerprint density at radius 2 is 1.79 bits per heavy atom. The van der Waals surface area contributed by atoms with E-state index in [0.717, 1.165) is 31.5 Å². The van der Waals surface area contributed by atoms with Gasteiger partial charge in [0.15, 0.2) is 0 Å². The van der Waals surface area contributed by atoms with Crippen LogP contribution in [0.5, 0.6) is 0 Å². The second kappa shape index (κ2) is 7.03. The minimum absolute atomic E-state index is 0.157. The molecular formula is C16H21F2NO4S. The van der Waals surface area contributed by atoms with E-state index in [1.807, 2.05) is 0 Å². The third-order valence-corrected chi connectivity index (χ3v) is 6.02. The van der Waals surface area contributed by atoms with Gasteiger partial charge in [0.1, 0.15) is 0 Å². The third kappa shape index (κ3) is 3.77. The molecule has 0 atom stereocenters. The molecule has 3 rings (SSSR count). The van der Waals surface area contributed by atoms with Crippen LogP contribution in [-0.4, -0.2) is 57.6 Å². The number of benzene rings is 1. The molecule has 2 heterocycles. The smallest absolute Gasteiger partial charge is 0.341 e. The third-order valence-electron chi connectivity index (χ3n) is 4.62. The molecule has 2 saturated heterocycles. The first-order valence-corrected chi connectivity index (χ1v) is 9.51. The van der Waals surface area contributed by atoms with E-state index < -0.39 is 15.6 Å². The summed E-state index contributed by atoms with van der Waals surface area (Å²) in [5, 5.41) is 0. The average Bonchev–Trinajstić information content (AvgIpc) is 2.56. The lowest BCUT2D eigenvalue weighted by atomic mass is 9.92. The predicted octanol–water partition coefficient (Wildman–Crippen LogP) is 2.06. The summed E-state index contributed by atoms with van der Waals surface area (Å²) in [5.74, 6) is -3.39. The van der Waals surface area contributed by atoms with Crippen LogP contribution in [-0.2, 0) is 25.9 Å². The van der Waals surface area contributed by atoms with Crippen molar-refractivity contribution in [3.63, 3.8) is 0 Å². The van der Waals surface area contributed by atoms with Crippen molar-refractivity contribution in [3.05, 3.63) is 29.8 Å². The molecule has 134 valence electrons. The van der Waals surface area contributed by atoms with Gasteiger partial charge in [-0.15, -0.1) is 0 Å². The topological polar surface area (TPSA) is 55.8 Å². The van der Waals surface area contributed by atoms with Crippen LogP contribution in [0, 0.1) is 0 Å². The van der Waals surface area contributed by atoms with E-state index >= 15 is 0 Å². The van der Waals surface area contributed by atoms with Gasteiger partial charge in [0.2, 0.25) is 9.84 Å². The number of sulfone groups is 1. The van der Waals surface area contributed by atoms with Gasteiger partial charge in [-0.1, -0.05) is 12.1 Å². The fourth-order valence-corrected chi connectivity index (χ4v) is 3.97. The van der Waals surface area contributed by atoms with Crippen molar-refractivity contribution in [2.75, 3.05) is 32.9 Å². The van der Waals surface area contributed by atoms with Gasteiger partial charge in [0, 0.05) is 45.7 Å². The highest BCUT2D eigenvalue weighted by atomic mass is 32.2. The first-order valence-electron chi connectivity index (χ1n) is 7.96. The van der Waals surface area contributed by atoms with E-state index in [1.165, 1.54) is 12.1 Å². The molecule has 0 unspecified atom stereocenters. The van der Waals surface area contributed by atoms with E-state index in [9.17, 15) is 17.2 Å². The Bertz CT molecular complexity index is 652. The molecule has 0 aliphatic carbocycles. The minimum atomic E-state index is -4.53. The van der Waals surface area contributed by atoms with Gasteiger partial charge in [-0.25, -0.2) is 8.42 Å². The normalized spacial score (nSPS) is 22.1. The van der Waals surface area contributed by atoms with Crippen LogP contribution in [0.3, 0.4) is 0 Å². The van der Waals surface area contributed by atoms with Gasteiger partial charge in [0.05, 0.1) is 17.1 Å². The number of rotatable bonds is 4. The molecule has 5 nitrogen and oxygen atoms in total. The van der Waals surface area contributed by atoms with Crippen LogP contribution in [0.15, 0.2) is 29.2 Å².